The summed E-state index contributed by atoms with van der Waals surface area (Å²) < 4.78 is 29.6. The van der Waals surface area contributed by atoms with E-state index in [1.54, 1.807) is 3.58 Å². The van der Waals surface area contributed by atoms with E-state index in [2.05, 4.69) is 33.8 Å². The summed E-state index contributed by atoms with van der Waals surface area (Å²) in [6.45, 7) is 9.00. The Morgan fingerprint density at radius 2 is 1.33 bits per heavy atom. The fourth-order valence-corrected chi connectivity index (χ4v) is 21.6. The van der Waals surface area contributed by atoms with Gasteiger partial charge in [-0.3, -0.25) is 0 Å². The summed E-state index contributed by atoms with van der Waals surface area (Å²) >= 11 is -2.46. The molecular weight excluding hydrogens is 423 g/mol. The monoisotopic (exact) mass is 460 g/mol. The third-order valence-electron chi connectivity index (χ3n) is 5.22. The third kappa shape index (κ3) is 6.05. The van der Waals surface area contributed by atoms with E-state index >= 15 is 0 Å². The molecule has 1 aromatic carbocycles. The van der Waals surface area contributed by atoms with Crippen LogP contribution < -0.4 is 3.58 Å². The van der Waals surface area contributed by atoms with Crippen molar-refractivity contribution in [3.05, 3.63) is 23.8 Å². The molecule has 24 heavy (non-hydrogen) atoms. The molecule has 0 N–H and O–H groups in total. The number of rotatable bonds is 11. The van der Waals surface area contributed by atoms with Crippen molar-refractivity contribution in [3.63, 3.8) is 0 Å². The number of hydrogen-bond donors (Lipinski definition) is 0. The minimum atomic E-state index is -3.12. The fourth-order valence-electron chi connectivity index (χ4n) is 3.79. The molecule has 138 valence electrons. The standard InChI is InChI=1S/C8H9O2S.3C4H9.Sn/c1-7-4-3-5-8(6-7)11(2,9)10;3*1-3-4-2;/h3,5-6H,1-2H3;3*1,3-4H2,2H3;. The van der Waals surface area contributed by atoms with Crippen molar-refractivity contribution in [1.29, 1.82) is 0 Å². The van der Waals surface area contributed by atoms with E-state index in [0.717, 1.165) is 0 Å². The summed E-state index contributed by atoms with van der Waals surface area (Å²) in [5.41, 5.74) is 1.23. The van der Waals surface area contributed by atoms with Crippen LogP contribution in [0.3, 0.4) is 0 Å². The van der Waals surface area contributed by atoms with Crippen LogP contribution in [0.15, 0.2) is 23.1 Å². The number of benzene rings is 1. The first-order valence-corrected chi connectivity index (χ1v) is 19.0. The Morgan fingerprint density at radius 1 is 0.875 bits per heavy atom. The second-order valence-electron chi connectivity index (χ2n) is 7.34. The average molecular weight is 459 g/mol. The molecule has 2 nitrogen and oxygen atoms in total. The SMILES string of the molecule is CCC[CH2][Sn]([CH2]CCC)([CH2]CCC)[c]1ccc(S(C)(=O)=O)cc1C. The first-order valence-electron chi connectivity index (χ1n) is 9.62. The molecule has 0 radical (unpaired) electrons. The topological polar surface area (TPSA) is 34.1 Å². The first-order chi connectivity index (χ1) is 11.3. The van der Waals surface area contributed by atoms with Crippen LogP contribution in [0, 0.1) is 6.92 Å². The maximum atomic E-state index is 11.9. The Hall–Kier alpha value is -0.0313. The van der Waals surface area contributed by atoms with Crippen molar-refractivity contribution in [2.75, 3.05) is 6.26 Å². The van der Waals surface area contributed by atoms with Gasteiger partial charge in [-0.25, -0.2) is 0 Å². The molecule has 0 spiro atoms. The zero-order valence-electron chi connectivity index (χ0n) is 16.3. The second-order valence-corrected chi connectivity index (χ2v) is 22.5. The van der Waals surface area contributed by atoms with Crippen molar-refractivity contribution >= 4 is 31.8 Å². The van der Waals surface area contributed by atoms with Gasteiger partial charge in [0.1, 0.15) is 0 Å². The van der Waals surface area contributed by atoms with Gasteiger partial charge in [0, 0.05) is 0 Å². The zero-order chi connectivity index (χ0) is 18.2. The van der Waals surface area contributed by atoms with E-state index in [1.807, 2.05) is 12.1 Å². The molecule has 0 fully saturated rings. The van der Waals surface area contributed by atoms with Crippen LogP contribution >= 0.6 is 0 Å². The molecule has 0 aliphatic rings. The Kier molecular flexibility index (Phi) is 9.35. The summed E-state index contributed by atoms with van der Waals surface area (Å²) in [4.78, 5) is 0.477. The molecule has 1 aromatic rings. The van der Waals surface area contributed by atoms with Gasteiger partial charge in [-0.05, 0) is 0 Å². The van der Waals surface area contributed by atoms with Crippen LogP contribution in [-0.2, 0) is 9.84 Å². The fraction of sp³-hybridized carbons (Fsp3) is 0.700. The Balaban J connectivity index is 3.33. The molecule has 0 aromatic heterocycles. The first kappa shape index (κ1) is 22.0. The van der Waals surface area contributed by atoms with E-state index in [1.165, 1.54) is 63.7 Å². The third-order valence-corrected chi connectivity index (χ3v) is 22.4. The van der Waals surface area contributed by atoms with Crippen LogP contribution in [-0.4, -0.2) is 33.1 Å². The van der Waals surface area contributed by atoms with E-state index in [9.17, 15) is 8.42 Å². The van der Waals surface area contributed by atoms with Crippen molar-refractivity contribution in [2.24, 2.45) is 0 Å². The maximum absolute atomic E-state index is 11.9. The van der Waals surface area contributed by atoms with Crippen molar-refractivity contribution in [2.45, 2.75) is 84.4 Å². The molecule has 1 rings (SSSR count). The molecule has 4 heteroatoms. The normalized spacial score (nSPS) is 12.5. The van der Waals surface area contributed by atoms with Gasteiger partial charge in [0.15, 0.2) is 0 Å². The zero-order valence-corrected chi connectivity index (χ0v) is 20.0. The van der Waals surface area contributed by atoms with Crippen LogP contribution in [0.4, 0.5) is 0 Å². The summed E-state index contributed by atoms with van der Waals surface area (Å²) in [5, 5.41) is 0. The molecule has 0 saturated carbocycles. The van der Waals surface area contributed by atoms with Crippen molar-refractivity contribution < 1.29 is 8.42 Å². The Labute approximate surface area is 154 Å². The van der Waals surface area contributed by atoms with Gasteiger partial charge in [-0.15, -0.1) is 0 Å². The summed E-state index contributed by atoms with van der Waals surface area (Å²) in [6, 6.07) is 6.00. The average Bonchev–Trinajstić information content (AvgIpc) is 2.54. The van der Waals surface area contributed by atoms with Gasteiger partial charge < -0.3 is 0 Å². The Bertz CT molecular complexity index is 586. The van der Waals surface area contributed by atoms with Crippen LogP contribution in [0.5, 0.6) is 0 Å². The molecule has 0 bridgehead atoms. The predicted octanol–water partition coefficient (Wildman–Crippen LogP) is 5.45. The quantitative estimate of drug-likeness (QED) is 0.413. The predicted molar refractivity (Wildman–Crippen MR) is 109 cm³/mol. The number of unbranched alkanes of at least 4 members (excludes halogenated alkanes) is 3. The summed E-state index contributed by atoms with van der Waals surface area (Å²) in [6.07, 6.45) is 9.08. The minimum absolute atomic E-state index is 0.477. The second kappa shape index (κ2) is 10.2. The van der Waals surface area contributed by atoms with Gasteiger partial charge in [-0.2, -0.15) is 0 Å². The molecule has 0 aliphatic heterocycles. The van der Waals surface area contributed by atoms with Gasteiger partial charge in [0.25, 0.3) is 0 Å². The molecule has 0 heterocycles. The van der Waals surface area contributed by atoms with Gasteiger partial charge in [0.05, 0.1) is 0 Å². The molecule has 0 atom stereocenters. The molecular formula is C20H36O2SSn. The molecule has 0 aliphatic carbocycles. The molecule has 0 unspecified atom stereocenters. The number of sulfone groups is 1. The van der Waals surface area contributed by atoms with E-state index in [4.69, 9.17) is 0 Å². The summed E-state index contributed by atoms with van der Waals surface area (Å²) in [5.74, 6) is 0. The van der Waals surface area contributed by atoms with Gasteiger partial charge >= 0.3 is 155 Å². The molecule has 0 amide bonds. The van der Waals surface area contributed by atoms with Gasteiger partial charge in [-0.1, -0.05) is 0 Å². The van der Waals surface area contributed by atoms with Gasteiger partial charge in [0.2, 0.25) is 0 Å². The molecule has 0 saturated heterocycles. The van der Waals surface area contributed by atoms with Crippen LogP contribution in [0.2, 0.25) is 13.3 Å². The number of hydrogen-bond acceptors (Lipinski definition) is 2. The van der Waals surface area contributed by atoms with E-state index in [-0.39, 0.29) is 0 Å². The Morgan fingerprint density at radius 3 is 1.67 bits per heavy atom. The summed E-state index contributed by atoms with van der Waals surface area (Å²) in [7, 11) is -3.12. The number of aryl methyl sites for hydroxylation is 1. The van der Waals surface area contributed by atoms with E-state index < -0.39 is 28.2 Å². The van der Waals surface area contributed by atoms with Crippen molar-refractivity contribution in [1.82, 2.24) is 0 Å². The van der Waals surface area contributed by atoms with E-state index in [0.29, 0.717) is 4.90 Å². The van der Waals surface area contributed by atoms with Crippen LogP contribution in [0.25, 0.3) is 0 Å². The van der Waals surface area contributed by atoms with Crippen LogP contribution in [0.1, 0.15) is 64.9 Å². The van der Waals surface area contributed by atoms with Crippen molar-refractivity contribution in [3.8, 4) is 0 Å².